The number of hydrogen-bond acceptors (Lipinski definition) is 2. The molecule has 2 heteroatoms. The number of fused-ring (bicyclic) bond motifs is 2. The molecule has 0 N–H and O–H groups in total. The van der Waals surface area contributed by atoms with Crippen molar-refractivity contribution < 1.29 is 4.84 Å². The van der Waals surface area contributed by atoms with Crippen LogP contribution in [0.3, 0.4) is 0 Å². The molecule has 0 spiro atoms. The average molecular weight is 195 g/mol. The van der Waals surface area contributed by atoms with Crippen molar-refractivity contribution >= 4 is 6.26 Å². The van der Waals surface area contributed by atoms with Crippen molar-refractivity contribution in [1.29, 1.82) is 0 Å². The highest BCUT2D eigenvalue weighted by molar-refractivity contribution is 5.23. The Balaban J connectivity index is 2.73. The van der Waals surface area contributed by atoms with Crippen LogP contribution in [0.5, 0.6) is 0 Å². The van der Waals surface area contributed by atoms with Crippen LogP contribution in [0, 0.1) is 10.4 Å². The Morgan fingerprint density at radius 2 is 1.53 bits per heavy atom. The summed E-state index contributed by atoms with van der Waals surface area (Å²) >= 11 is 0. The second-order valence-electron chi connectivity index (χ2n) is 3.42. The molecule has 72 valence electrons. The van der Waals surface area contributed by atoms with Crippen molar-refractivity contribution in [3.05, 3.63) is 69.5 Å². The summed E-state index contributed by atoms with van der Waals surface area (Å²) in [6.07, 6.45) is 1.68. The summed E-state index contributed by atoms with van der Waals surface area (Å²) < 4.78 is 0. The third-order valence-electron chi connectivity index (χ3n) is 2.49. The smallest absolute Gasteiger partial charge is 0.130 e. The van der Waals surface area contributed by atoms with Gasteiger partial charge in [-0.3, -0.25) is 0 Å². The molecule has 1 aliphatic heterocycles. The van der Waals surface area contributed by atoms with E-state index in [9.17, 15) is 0 Å². The molecule has 0 aliphatic carbocycles. The minimum atomic E-state index is 0.874. The molecule has 1 aliphatic rings. The lowest BCUT2D eigenvalue weighted by Gasteiger charge is -1.88. The van der Waals surface area contributed by atoms with Crippen molar-refractivity contribution in [2.45, 2.75) is 0 Å². The van der Waals surface area contributed by atoms with Gasteiger partial charge in [0.25, 0.3) is 0 Å². The molecule has 0 unspecified atom stereocenters. The summed E-state index contributed by atoms with van der Waals surface area (Å²) in [6.45, 7) is 0. The minimum absolute atomic E-state index is 0.874. The summed E-state index contributed by atoms with van der Waals surface area (Å²) in [6, 6.07) is 16.1. The lowest BCUT2D eigenvalue weighted by Crippen LogP contribution is -2.06. The maximum atomic E-state index is 5.15. The fraction of sp³-hybridized carbons (Fsp3) is 0. The van der Waals surface area contributed by atoms with E-state index >= 15 is 0 Å². The van der Waals surface area contributed by atoms with Crippen LogP contribution in [0.25, 0.3) is 6.26 Å². The zero-order valence-corrected chi connectivity index (χ0v) is 8.05. The lowest BCUT2D eigenvalue weighted by atomic mass is 10.2. The standard InChI is InChI=1S/C13H9NO/c1-2-6-11-10(5-1)9-15-14-13-8-4-3-7-12(11)13/h1-9H. The maximum absolute atomic E-state index is 5.15. The summed E-state index contributed by atoms with van der Waals surface area (Å²) in [7, 11) is 0. The molecule has 0 saturated heterocycles. The molecule has 0 atom stereocenters. The van der Waals surface area contributed by atoms with Gasteiger partial charge in [0.15, 0.2) is 0 Å². The maximum Gasteiger partial charge on any atom is 0.130 e. The van der Waals surface area contributed by atoms with E-state index < -0.39 is 0 Å². The van der Waals surface area contributed by atoms with Crippen LogP contribution in [0.15, 0.2) is 53.7 Å². The van der Waals surface area contributed by atoms with Gasteiger partial charge in [-0.1, -0.05) is 47.6 Å². The molecular weight excluding hydrogens is 186 g/mol. The van der Waals surface area contributed by atoms with Crippen LogP contribution in [0.1, 0.15) is 0 Å². The van der Waals surface area contributed by atoms with Crippen LogP contribution in [0.2, 0.25) is 0 Å². The number of benzene rings is 2. The third kappa shape index (κ3) is 1.31. The quantitative estimate of drug-likeness (QED) is 0.620. The molecule has 15 heavy (non-hydrogen) atoms. The predicted octanol–water partition coefficient (Wildman–Crippen LogP) is 1.28. The largest absolute Gasteiger partial charge is 0.364 e. The molecule has 0 amide bonds. The summed E-state index contributed by atoms with van der Waals surface area (Å²) in [5.74, 6) is 0. The van der Waals surface area contributed by atoms with E-state index in [0.29, 0.717) is 0 Å². The number of nitrogens with zero attached hydrogens (tertiary/aromatic N) is 1. The van der Waals surface area contributed by atoms with Crippen LogP contribution in [-0.4, -0.2) is 0 Å². The molecule has 1 heterocycles. The summed E-state index contributed by atoms with van der Waals surface area (Å²) in [5, 5.41) is 8.26. The Morgan fingerprint density at radius 1 is 0.800 bits per heavy atom. The highest BCUT2D eigenvalue weighted by Crippen LogP contribution is 1.92. The van der Waals surface area contributed by atoms with Gasteiger partial charge in [-0.05, 0) is 11.3 Å². The van der Waals surface area contributed by atoms with Gasteiger partial charge in [0, 0.05) is 10.4 Å². The zero-order valence-electron chi connectivity index (χ0n) is 8.05. The van der Waals surface area contributed by atoms with Crippen molar-refractivity contribution in [3.8, 4) is 0 Å². The van der Waals surface area contributed by atoms with Crippen molar-refractivity contribution in [3.63, 3.8) is 0 Å². The lowest BCUT2D eigenvalue weighted by molar-refractivity contribution is 0.301. The monoisotopic (exact) mass is 195 g/mol. The van der Waals surface area contributed by atoms with E-state index in [1.54, 1.807) is 6.26 Å². The summed E-state index contributed by atoms with van der Waals surface area (Å²) in [5.41, 5.74) is 0. The van der Waals surface area contributed by atoms with Gasteiger partial charge in [-0.25, -0.2) is 0 Å². The molecular formula is C13H9NO. The minimum Gasteiger partial charge on any atom is -0.364 e. The molecule has 0 bridgehead atoms. The predicted molar refractivity (Wildman–Crippen MR) is 56.9 cm³/mol. The van der Waals surface area contributed by atoms with Gasteiger partial charge in [-0.2, -0.15) is 0 Å². The number of hydrogen-bond donors (Lipinski definition) is 0. The first-order valence-electron chi connectivity index (χ1n) is 4.84. The fourth-order valence-corrected chi connectivity index (χ4v) is 1.77. The molecule has 0 saturated carbocycles. The summed E-state index contributed by atoms with van der Waals surface area (Å²) in [4.78, 5) is 5.15. The Morgan fingerprint density at radius 3 is 2.47 bits per heavy atom. The van der Waals surface area contributed by atoms with E-state index in [-0.39, 0.29) is 0 Å². The SMILES string of the molecule is C1=c2ccccc2=c2ccccc2=NO1. The van der Waals surface area contributed by atoms with Crippen molar-refractivity contribution in [1.82, 2.24) is 0 Å². The molecule has 2 aromatic rings. The zero-order chi connectivity index (χ0) is 10.1. The fourth-order valence-electron chi connectivity index (χ4n) is 1.77. The average Bonchev–Trinajstić information content (AvgIpc) is 2.48. The van der Waals surface area contributed by atoms with Gasteiger partial charge in [-0.15, -0.1) is 0 Å². The van der Waals surface area contributed by atoms with Gasteiger partial charge in [0.05, 0.1) is 0 Å². The molecule has 2 nitrogen and oxygen atoms in total. The Bertz CT molecular complexity index is 642. The van der Waals surface area contributed by atoms with Gasteiger partial charge >= 0.3 is 0 Å². The van der Waals surface area contributed by atoms with Crippen molar-refractivity contribution in [2.75, 3.05) is 0 Å². The van der Waals surface area contributed by atoms with E-state index in [4.69, 9.17) is 4.84 Å². The first kappa shape index (κ1) is 8.24. The van der Waals surface area contributed by atoms with Gasteiger partial charge < -0.3 is 4.84 Å². The van der Waals surface area contributed by atoms with Crippen molar-refractivity contribution in [2.24, 2.45) is 5.16 Å². The van der Waals surface area contributed by atoms with Crippen LogP contribution < -0.4 is 10.6 Å². The molecule has 0 fully saturated rings. The normalized spacial score (nSPS) is 12.3. The first-order valence-corrected chi connectivity index (χ1v) is 4.84. The highest BCUT2D eigenvalue weighted by Gasteiger charge is 1.94. The topological polar surface area (TPSA) is 21.6 Å². The van der Waals surface area contributed by atoms with E-state index in [2.05, 4.69) is 17.3 Å². The van der Waals surface area contributed by atoms with Gasteiger partial charge in [0.1, 0.15) is 11.6 Å². The number of rotatable bonds is 0. The van der Waals surface area contributed by atoms with Gasteiger partial charge in [0.2, 0.25) is 0 Å². The van der Waals surface area contributed by atoms with Crippen LogP contribution >= 0.6 is 0 Å². The van der Waals surface area contributed by atoms with Crippen LogP contribution in [-0.2, 0) is 4.84 Å². The van der Waals surface area contributed by atoms with E-state index in [1.165, 1.54) is 0 Å². The highest BCUT2D eigenvalue weighted by atomic mass is 16.6. The second-order valence-corrected chi connectivity index (χ2v) is 3.42. The third-order valence-corrected chi connectivity index (χ3v) is 2.49. The van der Waals surface area contributed by atoms with E-state index in [1.807, 2.05) is 36.4 Å². The molecule has 0 radical (unpaired) electrons. The molecule has 0 aromatic heterocycles. The van der Waals surface area contributed by atoms with E-state index in [0.717, 1.165) is 21.0 Å². The molecule has 2 aromatic carbocycles. The van der Waals surface area contributed by atoms with Crippen LogP contribution in [0.4, 0.5) is 0 Å². The first-order chi connectivity index (χ1) is 7.45. The Labute approximate surface area is 86.4 Å². The second kappa shape index (κ2) is 3.24. The Kier molecular flexibility index (Phi) is 1.78. The molecule has 3 rings (SSSR count). The Hall–Kier alpha value is -2.09.